The molecule has 5 heteroatoms. The van der Waals surface area contributed by atoms with Crippen molar-refractivity contribution in [2.24, 2.45) is 0 Å². The van der Waals surface area contributed by atoms with E-state index in [4.69, 9.17) is 9.72 Å². The maximum Gasteiger partial charge on any atom is 0.129 e. The minimum Gasteiger partial charge on any atom is -0.390 e. The van der Waals surface area contributed by atoms with Gasteiger partial charge in [0.25, 0.3) is 0 Å². The predicted molar refractivity (Wildman–Crippen MR) is 95.4 cm³/mol. The number of para-hydroxylation sites is 1. The summed E-state index contributed by atoms with van der Waals surface area (Å²) in [6.45, 7) is 4.94. The zero-order valence-electron chi connectivity index (χ0n) is 14.0. The van der Waals surface area contributed by atoms with E-state index in [-0.39, 0.29) is 6.10 Å². The number of ether oxygens (including phenoxy) is 1. The lowest BCUT2D eigenvalue weighted by Crippen LogP contribution is -2.43. The molecule has 2 saturated heterocycles. The van der Waals surface area contributed by atoms with Crippen molar-refractivity contribution in [2.75, 3.05) is 44.3 Å². The number of aliphatic hydroxyl groups excluding tert-OH is 1. The Morgan fingerprint density at radius 3 is 2.71 bits per heavy atom. The van der Waals surface area contributed by atoms with Crippen molar-refractivity contribution in [3.05, 3.63) is 36.4 Å². The molecule has 3 heterocycles. The summed E-state index contributed by atoms with van der Waals surface area (Å²) in [5.74, 6) is 0.960. The van der Waals surface area contributed by atoms with Gasteiger partial charge >= 0.3 is 0 Å². The number of hydrogen-bond donors (Lipinski definition) is 1. The van der Waals surface area contributed by atoms with E-state index >= 15 is 0 Å². The van der Waals surface area contributed by atoms with Gasteiger partial charge in [-0.15, -0.1) is 0 Å². The Balaban J connectivity index is 1.51. The highest BCUT2D eigenvalue weighted by Crippen LogP contribution is 2.21. The molecule has 0 spiro atoms. The van der Waals surface area contributed by atoms with Crippen molar-refractivity contribution in [3.8, 4) is 0 Å². The van der Waals surface area contributed by atoms with Crippen LogP contribution in [-0.2, 0) is 4.74 Å². The van der Waals surface area contributed by atoms with Crippen molar-refractivity contribution in [1.29, 1.82) is 0 Å². The molecule has 0 radical (unpaired) electrons. The molecule has 0 amide bonds. The van der Waals surface area contributed by atoms with Crippen LogP contribution in [0.4, 0.5) is 5.82 Å². The fraction of sp³-hybridized carbons (Fsp3) is 0.526. The topological polar surface area (TPSA) is 48.8 Å². The number of rotatable bonds is 2. The number of aromatic nitrogens is 1. The third-order valence-corrected chi connectivity index (χ3v) is 5.15. The molecular weight excluding hydrogens is 302 g/mol. The third kappa shape index (κ3) is 3.38. The molecule has 1 aromatic carbocycles. The van der Waals surface area contributed by atoms with Gasteiger partial charge in [-0.2, -0.15) is 0 Å². The zero-order chi connectivity index (χ0) is 16.4. The van der Waals surface area contributed by atoms with Crippen LogP contribution in [-0.4, -0.2) is 66.5 Å². The number of nitrogens with zero attached hydrogens (tertiary/aromatic N) is 3. The summed E-state index contributed by atoms with van der Waals surface area (Å²) in [4.78, 5) is 9.45. The van der Waals surface area contributed by atoms with Crippen molar-refractivity contribution in [3.63, 3.8) is 0 Å². The highest BCUT2D eigenvalue weighted by molar-refractivity contribution is 5.80. The maximum absolute atomic E-state index is 10.5. The lowest BCUT2D eigenvalue weighted by Gasteiger charge is -2.33. The van der Waals surface area contributed by atoms with Crippen LogP contribution in [0.5, 0.6) is 0 Å². The van der Waals surface area contributed by atoms with E-state index in [9.17, 15) is 5.11 Å². The molecule has 0 bridgehead atoms. The number of hydrogen-bond acceptors (Lipinski definition) is 5. The summed E-state index contributed by atoms with van der Waals surface area (Å²) in [5.41, 5.74) is 1.01. The minimum atomic E-state index is -0.344. The van der Waals surface area contributed by atoms with Gasteiger partial charge in [-0.3, -0.25) is 4.90 Å². The second kappa shape index (κ2) is 7.05. The molecule has 1 atom stereocenters. The molecule has 0 saturated carbocycles. The van der Waals surface area contributed by atoms with Crippen LogP contribution < -0.4 is 4.90 Å². The highest BCUT2D eigenvalue weighted by atomic mass is 16.5. The predicted octanol–water partition coefficient (Wildman–Crippen LogP) is 1.90. The van der Waals surface area contributed by atoms with Crippen molar-refractivity contribution < 1.29 is 9.84 Å². The Morgan fingerprint density at radius 1 is 1.00 bits per heavy atom. The van der Waals surface area contributed by atoms with Gasteiger partial charge in [0.05, 0.1) is 11.6 Å². The zero-order valence-corrected chi connectivity index (χ0v) is 14.0. The Morgan fingerprint density at radius 2 is 1.83 bits per heavy atom. The molecule has 5 nitrogen and oxygen atoms in total. The number of anilines is 1. The van der Waals surface area contributed by atoms with Crippen LogP contribution in [0.25, 0.3) is 10.9 Å². The van der Waals surface area contributed by atoms with Crippen LogP contribution in [0.2, 0.25) is 0 Å². The van der Waals surface area contributed by atoms with Gasteiger partial charge in [0.1, 0.15) is 5.82 Å². The molecule has 1 N–H and O–H groups in total. The van der Waals surface area contributed by atoms with Crippen LogP contribution in [0.1, 0.15) is 12.8 Å². The molecule has 0 aliphatic carbocycles. The molecule has 2 aliphatic heterocycles. The first-order valence-corrected chi connectivity index (χ1v) is 8.90. The molecule has 0 unspecified atom stereocenters. The van der Waals surface area contributed by atoms with Gasteiger partial charge in [0.15, 0.2) is 0 Å². The van der Waals surface area contributed by atoms with Gasteiger partial charge in [0, 0.05) is 50.8 Å². The van der Waals surface area contributed by atoms with E-state index in [0.29, 0.717) is 12.6 Å². The summed E-state index contributed by atoms with van der Waals surface area (Å²) in [5, 5.41) is 11.6. The van der Waals surface area contributed by atoms with Gasteiger partial charge in [-0.05, 0) is 31.0 Å². The fourth-order valence-electron chi connectivity index (χ4n) is 3.84. The Bertz CT molecular complexity index is 687. The van der Waals surface area contributed by atoms with E-state index in [1.54, 1.807) is 0 Å². The molecule has 2 aliphatic rings. The summed E-state index contributed by atoms with van der Waals surface area (Å²) < 4.78 is 5.47. The first-order chi connectivity index (χ1) is 11.8. The molecule has 24 heavy (non-hydrogen) atoms. The molecular formula is C19H25N3O2. The number of benzene rings is 1. The maximum atomic E-state index is 10.5. The summed E-state index contributed by atoms with van der Waals surface area (Å²) in [7, 11) is 0. The SMILES string of the molecule is O[C@H]1CN(c2ccc3ccccc3n2)CCN(C2CCOCC2)C1. The van der Waals surface area contributed by atoms with Gasteiger partial charge in [0.2, 0.25) is 0 Å². The van der Waals surface area contributed by atoms with Crippen LogP contribution in [0.15, 0.2) is 36.4 Å². The Hall–Kier alpha value is -1.69. The summed E-state index contributed by atoms with van der Waals surface area (Å²) >= 11 is 0. The van der Waals surface area contributed by atoms with E-state index in [1.807, 2.05) is 18.2 Å². The van der Waals surface area contributed by atoms with Crippen LogP contribution >= 0.6 is 0 Å². The summed E-state index contributed by atoms with van der Waals surface area (Å²) in [6, 6.07) is 12.9. The average Bonchev–Trinajstić information content (AvgIpc) is 2.84. The Labute approximate surface area is 142 Å². The number of fused-ring (bicyclic) bond motifs is 1. The van der Waals surface area contributed by atoms with E-state index in [2.05, 4.69) is 28.0 Å². The van der Waals surface area contributed by atoms with E-state index in [1.165, 1.54) is 0 Å². The van der Waals surface area contributed by atoms with Crippen molar-refractivity contribution in [1.82, 2.24) is 9.88 Å². The molecule has 128 valence electrons. The second-order valence-electron chi connectivity index (χ2n) is 6.80. The third-order valence-electron chi connectivity index (χ3n) is 5.15. The van der Waals surface area contributed by atoms with Crippen LogP contribution in [0, 0.1) is 0 Å². The largest absolute Gasteiger partial charge is 0.390 e. The smallest absolute Gasteiger partial charge is 0.129 e. The van der Waals surface area contributed by atoms with Crippen LogP contribution in [0.3, 0.4) is 0 Å². The average molecular weight is 327 g/mol. The number of pyridine rings is 1. The molecule has 4 rings (SSSR count). The van der Waals surface area contributed by atoms with E-state index < -0.39 is 0 Å². The Kier molecular flexibility index (Phi) is 4.65. The van der Waals surface area contributed by atoms with Crippen molar-refractivity contribution >= 4 is 16.7 Å². The normalized spacial score (nSPS) is 24.2. The molecule has 2 aromatic rings. The first-order valence-electron chi connectivity index (χ1n) is 8.90. The summed E-state index contributed by atoms with van der Waals surface area (Å²) in [6.07, 6.45) is 1.80. The monoisotopic (exact) mass is 327 g/mol. The number of β-amino-alcohol motifs (C(OH)–C–C–N with tert-alkyl or cyclic N) is 1. The van der Waals surface area contributed by atoms with Gasteiger partial charge in [-0.1, -0.05) is 18.2 Å². The molecule has 1 aromatic heterocycles. The highest BCUT2D eigenvalue weighted by Gasteiger charge is 2.28. The van der Waals surface area contributed by atoms with Crippen molar-refractivity contribution in [2.45, 2.75) is 25.0 Å². The lowest BCUT2D eigenvalue weighted by molar-refractivity contribution is 0.0219. The van der Waals surface area contributed by atoms with E-state index in [0.717, 1.165) is 62.4 Å². The molecule has 2 fully saturated rings. The van der Waals surface area contributed by atoms with Gasteiger partial charge in [-0.25, -0.2) is 4.98 Å². The van der Waals surface area contributed by atoms with Gasteiger partial charge < -0.3 is 14.7 Å². The lowest BCUT2D eigenvalue weighted by atomic mass is 10.1. The minimum absolute atomic E-state index is 0.344. The number of aliphatic hydroxyl groups is 1. The second-order valence-corrected chi connectivity index (χ2v) is 6.80. The first kappa shape index (κ1) is 15.8. The standard InChI is InChI=1S/C19H25N3O2/c23-17-13-21(16-7-11-24-12-8-16)9-10-22(14-17)19-6-5-15-3-1-2-4-18(15)20-19/h1-6,16-17,23H,7-14H2/t17-/m1/s1. The quantitative estimate of drug-likeness (QED) is 0.913. The fourth-order valence-corrected chi connectivity index (χ4v) is 3.84.